The lowest BCUT2D eigenvalue weighted by Crippen LogP contribution is -2.43. The van der Waals surface area contributed by atoms with E-state index in [1.807, 2.05) is 56.3 Å². The van der Waals surface area contributed by atoms with Crippen LogP contribution in [0.15, 0.2) is 48.5 Å². The number of likely N-dealkylation sites (N-methyl/N-ethyl adjacent to an activating group) is 1. The number of hydrogen-bond acceptors (Lipinski definition) is 2. The molecule has 4 rings (SSSR count). The first-order valence-corrected chi connectivity index (χ1v) is 9.19. The number of para-hydroxylation sites is 1. The molecule has 3 aromatic rings. The Morgan fingerprint density at radius 1 is 1.15 bits per heavy atom. The first-order chi connectivity index (χ1) is 13.0. The molecule has 27 heavy (non-hydrogen) atoms. The number of rotatable bonds is 3. The number of benzene rings is 2. The van der Waals surface area contributed by atoms with Gasteiger partial charge in [0.25, 0.3) is 5.91 Å². The molecule has 5 heteroatoms. The van der Waals surface area contributed by atoms with Crippen LogP contribution in [-0.2, 0) is 4.79 Å². The highest BCUT2D eigenvalue weighted by Gasteiger charge is 2.37. The normalized spacial score (nSPS) is 16.9. The Labute approximate surface area is 158 Å². The molecule has 0 spiro atoms. The van der Waals surface area contributed by atoms with Crippen molar-refractivity contribution in [3.05, 3.63) is 65.4 Å². The summed E-state index contributed by atoms with van der Waals surface area (Å²) in [7, 11) is 1.71. The number of nitrogens with one attached hydrogen (secondary N) is 1. The van der Waals surface area contributed by atoms with E-state index in [0.29, 0.717) is 18.7 Å². The van der Waals surface area contributed by atoms with E-state index in [0.717, 1.165) is 27.7 Å². The molecule has 1 atom stereocenters. The highest BCUT2D eigenvalue weighted by Crippen LogP contribution is 2.26. The van der Waals surface area contributed by atoms with Crippen LogP contribution in [0, 0.1) is 13.8 Å². The first-order valence-electron chi connectivity index (χ1n) is 9.19. The van der Waals surface area contributed by atoms with Crippen molar-refractivity contribution in [1.29, 1.82) is 0 Å². The molecule has 0 saturated carbocycles. The quantitative estimate of drug-likeness (QED) is 0.774. The summed E-state index contributed by atoms with van der Waals surface area (Å²) >= 11 is 0. The molecule has 1 unspecified atom stereocenters. The predicted octanol–water partition coefficient (Wildman–Crippen LogP) is 3.66. The van der Waals surface area contributed by atoms with Crippen LogP contribution in [0.5, 0.6) is 0 Å². The number of carbonyl (C=O) groups excluding carboxylic acids is 2. The van der Waals surface area contributed by atoms with Crippen LogP contribution in [0.2, 0.25) is 0 Å². The Hall–Kier alpha value is -3.08. The van der Waals surface area contributed by atoms with Gasteiger partial charge < -0.3 is 14.8 Å². The van der Waals surface area contributed by atoms with Crippen molar-refractivity contribution in [2.24, 2.45) is 0 Å². The van der Waals surface area contributed by atoms with Crippen LogP contribution in [0.1, 0.15) is 28.0 Å². The second-order valence-electron chi connectivity index (χ2n) is 7.27. The minimum Gasteiger partial charge on any atom is -0.351 e. The highest BCUT2D eigenvalue weighted by molar-refractivity contribution is 6.04. The summed E-state index contributed by atoms with van der Waals surface area (Å²) in [6.45, 7) is 4.70. The lowest BCUT2D eigenvalue weighted by molar-refractivity contribution is -0.120. The molecule has 5 nitrogen and oxygen atoms in total. The van der Waals surface area contributed by atoms with E-state index in [4.69, 9.17) is 0 Å². The van der Waals surface area contributed by atoms with E-state index >= 15 is 0 Å². The summed E-state index contributed by atoms with van der Waals surface area (Å²) in [4.78, 5) is 32.4. The zero-order valence-corrected chi connectivity index (χ0v) is 15.8. The number of aromatic amines is 1. The zero-order chi connectivity index (χ0) is 19.1. The third kappa shape index (κ3) is 2.99. The van der Waals surface area contributed by atoms with Gasteiger partial charge in [0.05, 0.1) is 0 Å². The molecule has 2 heterocycles. The highest BCUT2D eigenvalue weighted by atomic mass is 16.2. The number of hydrogen-bond donors (Lipinski definition) is 1. The lowest BCUT2D eigenvalue weighted by atomic mass is 10.1. The van der Waals surface area contributed by atoms with Crippen LogP contribution in [0.25, 0.3) is 10.9 Å². The molecule has 0 aliphatic carbocycles. The van der Waals surface area contributed by atoms with E-state index in [2.05, 4.69) is 11.1 Å². The Morgan fingerprint density at radius 2 is 1.89 bits per heavy atom. The standard InChI is InChI=1S/C22H23N3O2/c1-14-11-15(2)17-13-19(23-18(17)12-14)21(26)24(3)20-9-10-25(22(20)27)16-7-5-4-6-8-16/h4-8,11-13,20,23H,9-10H2,1-3H3. The van der Waals surface area contributed by atoms with Crippen molar-refractivity contribution in [2.75, 3.05) is 18.5 Å². The average molecular weight is 361 g/mol. The van der Waals surface area contributed by atoms with Gasteiger partial charge in [0.1, 0.15) is 11.7 Å². The van der Waals surface area contributed by atoms with Crippen molar-refractivity contribution in [3.8, 4) is 0 Å². The largest absolute Gasteiger partial charge is 0.351 e. The molecule has 0 radical (unpaired) electrons. The van der Waals surface area contributed by atoms with Crippen molar-refractivity contribution in [2.45, 2.75) is 26.3 Å². The molecule has 1 fully saturated rings. The summed E-state index contributed by atoms with van der Waals surface area (Å²) in [5, 5.41) is 1.04. The van der Waals surface area contributed by atoms with Gasteiger partial charge in [0.2, 0.25) is 5.91 Å². The summed E-state index contributed by atoms with van der Waals surface area (Å²) in [5.74, 6) is -0.184. The van der Waals surface area contributed by atoms with Gasteiger partial charge in [-0.1, -0.05) is 24.3 Å². The number of carbonyl (C=O) groups is 2. The lowest BCUT2D eigenvalue weighted by Gasteiger charge is -2.23. The number of amides is 2. The Bertz CT molecular complexity index is 1020. The average Bonchev–Trinajstić information content (AvgIpc) is 3.25. The Morgan fingerprint density at radius 3 is 2.63 bits per heavy atom. The van der Waals surface area contributed by atoms with Gasteiger partial charge in [0, 0.05) is 30.2 Å². The molecule has 1 N–H and O–H groups in total. The number of nitrogens with zero attached hydrogens (tertiary/aromatic N) is 2. The smallest absolute Gasteiger partial charge is 0.270 e. The maximum atomic E-state index is 13.0. The van der Waals surface area contributed by atoms with Gasteiger partial charge in [-0.15, -0.1) is 0 Å². The summed E-state index contributed by atoms with van der Waals surface area (Å²) in [6.07, 6.45) is 0.633. The van der Waals surface area contributed by atoms with Crippen molar-refractivity contribution in [3.63, 3.8) is 0 Å². The van der Waals surface area contributed by atoms with Gasteiger partial charge >= 0.3 is 0 Å². The first kappa shape index (κ1) is 17.3. The zero-order valence-electron chi connectivity index (χ0n) is 15.8. The molecule has 1 aliphatic rings. The third-order valence-electron chi connectivity index (χ3n) is 5.35. The van der Waals surface area contributed by atoms with Gasteiger partial charge in [0.15, 0.2) is 0 Å². The van der Waals surface area contributed by atoms with Crippen LogP contribution < -0.4 is 4.90 Å². The van der Waals surface area contributed by atoms with Gasteiger partial charge in [-0.2, -0.15) is 0 Å². The fraction of sp³-hybridized carbons (Fsp3) is 0.273. The minimum absolute atomic E-state index is 0.0276. The molecule has 0 bridgehead atoms. The Balaban J connectivity index is 1.58. The molecule has 2 amide bonds. The molecular weight excluding hydrogens is 338 g/mol. The number of aryl methyl sites for hydroxylation is 2. The minimum atomic E-state index is -0.438. The van der Waals surface area contributed by atoms with Crippen LogP contribution in [0.4, 0.5) is 5.69 Å². The Kier molecular flexibility index (Phi) is 4.22. The summed E-state index contributed by atoms with van der Waals surface area (Å²) in [5.41, 5.74) is 4.64. The molecule has 2 aromatic carbocycles. The number of anilines is 1. The van der Waals surface area contributed by atoms with E-state index in [1.54, 1.807) is 16.8 Å². The molecular formula is C22H23N3O2. The van der Waals surface area contributed by atoms with E-state index in [-0.39, 0.29) is 11.8 Å². The second-order valence-corrected chi connectivity index (χ2v) is 7.27. The number of fused-ring (bicyclic) bond motifs is 1. The van der Waals surface area contributed by atoms with E-state index in [1.165, 1.54) is 0 Å². The van der Waals surface area contributed by atoms with Crippen LogP contribution in [0.3, 0.4) is 0 Å². The molecule has 1 saturated heterocycles. The van der Waals surface area contributed by atoms with E-state index < -0.39 is 6.04 Å². The molecule has 1 aromatic heterocycles. The topological polar surface area (TPSA) is 56.4 Å². The van der Waals surface area contributed by atoms with Crippen molar-refractivity contribution in [1.82, 2.24) is 9.88 Å². The number of H-pyrrole nitrogens is 1. The van der Waals surface area contributed by atoms with Crippen LogP contribution in [-0.4, -0.2) is 41.3 Å². The van der Waals surface area contributed by atoms with Crippen molar-refractivity contribution < 1.29 is 9.59 Å². The summed E-state index contributed by atoms with van der Waals surface area (Å²) < 4.78 is 0. The monoisotopic (exact) mass is 361 g/mol. The fourth-order valence-corrected chi connectivity index (χ4v) is 3.93. The van der Waals surface area contributed by atoms with Crippen molar-refractivity contribution >= 4 is 28.4 Å². The maximum absolute atomic E-state index is 13.0. The summed E-state index contributed by atoms with van der Waals surface area (Å²) in [6, 6.07) is 15.2. The third-order valence-corrected chi connectivity index (χ3v) is 5.35. The van der Waals surface area contributed by atoms with Gasteiger partial charge in [-0.25, -0.2) is 0 Å². The van der Waals surface area contributed by atoms with Gasteiger partial charge in [-0.3, -0.25) is 9.59 Å². The van der Waals surface area contributed by atoms with Gasteiger partial charge in [-0.05, 0) is 55.7 Å². The molecule has 1 aliphatic heterocycles. The molecule has 138 valence electrons. The second kappa shape index (κ2) is 6.58. The number of aromatic nitrogens is 1. The maximum Gasteiger partial charge on any atom is 0.270 e. The van der Waals surface area contributed by atoms with E-state index in [9.17, 15) is 9.59 Å². The predicted molar refractivity (Wildman–Crippen MR) is 107 cm³/mol. The fourth-order valence-electron chi connectivity index (χ4n) is 3.93. The SMILES string of the molecule is Cc1cc(C)c2cc(C(=O)N(C)C3CCN(c4ccccc4)C3=O)[nH]c2c1. The van der Waals surface area contributed by atoms with Crippen LogP contribution >= 0.6 is 0 Å².